The molecule has 4 nitrogen and oxygen atoms in total. The molecule has 0 saturated carbocycles. The molecule has 0 aromatic carbocycles. The molecule has 0 heterocycles. The van der Waals surface area contributed by atoms with E-state index < -0.39 is 17.7 Å². The number of likely N-dealkylation sites (N-methyl/N-ethyl adjacent to an activating group) is 1. The van der Waals surface area contributed by atoms with Crippen molar-refractivity contribution in [3.8, 4) is 0 Å². The van der Waals surface area contributed by atoms with Crippen molar-refractivity contribution in [2.24, 2.45) is 0 Å². The predicted octanol–water partition coefficient (Wildman–Crippen LogP) is 2.22. The smallest absolute Gasteiger partial charge is 0.410 e. The normalized spacial score (nSPS) is 13.2. The Morgan fingerprint density at radius 2 is 1.80 bits per heavy atom. The van der Waals surface area contributed by atoms with E-state index in [1.165, 1.54) is 4.90 Å². The first-order chi connectivity index (χ1) is 6.69. The number of ether oxygens (including phenoxy) is 1. The molecule has 15 heavy (non-hydrogen) atoms. The van der Waals surface area contributed by atoms with Gasteiger partial charge in [0.15, 0.2) is 5.78 Å². The van der Waals surface area contributed by atoms with Crippen LogP contribution in [0.1, 0.15) is 41.0 Å². The summed E-state index contributed by atoms with van der Waals surface area (Å²) in [5.41, 5.74) is -0.527. The van der Waals surface area contributed by atoms with Crippen molar-refractivity contribution < 1.29 is 14.3 Å². The topological polar surface area (TPSA) is 46.6 Å². The lowest BCUT2D eigenvalue weighted by Gasteiger charge is -2.27. The Balaban J connectivity index is 4.39. The van der Waals surface area contributed by atoms with Gasteiger partial charge >= 0.3 is 6.09 Å². The van der Waals surface area contributed by atoms with Crippen LogP contribution < -0.4 is 0 Å². The van der Waals surface area contributed by atoms with E-state index in [-0.39, 0.29) is 5.78 Å². The summed E-state index contributed by atoms with van der Waals surface area (Å²) in [6.45, 7) is 8.87. The number of ketones is 1. The van der Waals surface area contributed by atoms with Crippen molar-refractivity contribution in [2.45, 2.75) is 52.7 Å². The summed E-state index contributed by atoms with van der Waals surface area (Å²) in [7, 11) is 1.58. The van der Waals surface area contributed by atoms with Crippen molar-refractivity contribution in [3.63, 3.8) is 0 Å². The molecule has 4 heteroatoms. The molecule has 0 aromatic heterocycles. The maximum Gasteiger partial charge on any atom is 0.410 e. The van der Waals surface area contributed by atoms with Gasteiger partial charge in [0, 0.05) is 13.5 Å². The summed E-state index contributed by atoms with van der Waals surface area (Å²) in [5, 5.41) is 0. The maximum atomic E-state index is 11.6. The first kappa shape index (κ1) is 13.9. The third-order valence-electron chi connectivity index (χ3n) is 2.08. The molecule has 1 amide bonds. The van der Waals surface area contributed by atoms with E-state index in [2.05, 4.69) is 0 Å². The Morgan fingerprint density at radius 1 is 1.33 bits per heavy atom. The highest BCUT2D eigenvalue weighted by Crippen LogP contribution is 2.11. The van der Waals surface area contributed by atoms with Crippen LogP contribution in [0.15, 0.2) is 0 Å². The number of hydrogen-bond acceptors (Lipinski definition) is 3. The van der Waals surface area contributed by atoms with Crippen molar-refractivity contribution in [2.75, 3.05) is 7.05 Å². The summed E-state index contributed by atoms with van der Waals surface area (Å²) >= 11 is 0. The first-order valence-corrected chi connectivity index (χ1v) is 5.17. The Kier molecular flexibility index (Phi) is 4.78. The highest BCUT2D eigenvalue weighted by Gasteiger charge is 2.25. The van der Waals surface area contributed by atoms with Gasteiger partial charge in [0.05, 0.1) is 6.04 Å². The molecule has 0 radical (unpaired) electrons. The zero-order valence-corrected chi connectivity index (χ0v) is 10.5. The average Bonchev–Trinajstić information content (AvgIpc) is 2.11. The van der Waals surface area contributed by atoms with E-state index in [1.54, 1.807) is 41.7 Å². The summed E-state index contributed by atoms with van der Waals surface area (Å²) in [6.07, 6.45) is -0.0364. The van der Waals surface area contributed by atoms with E-state index in [1.807, 2.05) is 0 Å². The number of Topliss-reactive ketones (excluding diaryl/α,β-unsaturated/α-hetero) is 1. The fraction of sp³-hybridized carbons (Fsp3) is 0.818. The van der Waals surface area contributed by atoms with Gasteiger partial charge in [0.25, 0.3) is 0 Å². The number of carbonyl (C=O) groups is 2. The van der Waals surface area contributed by atoms with Crippen molar-refractivity contribution in [1.82, 2.24) is 4.90 Å². The fourth-order valence-corrected chi connectivity index (χ4v) is 1.00. The largest absolute Gasteiger partial charge is 0.444 e. The van der Waals surface area contributed by atoms with Crippen LogP contribution in [0.3, 0.4) is 0 Å². The minimum Gasteiger partial charge on any atom is -0.444 e. The van der Waals surface area contributed by atoms with Gasteiger partial charge in [-0.2, -0.15) is 0 Å². The van der Waals surface area contributed by atoms with Gasteiger partial charge < -0.3 is 9.64 Å². The first-order valence-electron chi connectivity index (χ1n) is 5.17. The number of rotatable bonds is 3. The second-order valence-electron chi connectivity index (χ2n) is 4.59. The number of carbonyl (C=O) groups excluding carboxylic acids is 2. The molecule has 1 unspecified atom stereocenters. The molecule has 0 spiro atoms. The standard InChI is InChI=1S/C11H21NO3/c1-7-9(13)8(2)12(6)10(14)15-11(3,4)5/h8H,7H2,1-6H3. The van der Waals surface area contributed by atoms with E-state index in [9.17, 15) is 9.59 Å². The van der Waals surface area contributed by atoms with Crippen LogP contribution in [-0.2, 0) is 9.53 Å². The molecule has 0 aliphatic heterocycles. The maximum absolute atomic E-state index is 11.6. The second kappa shape index (κ2) is 5.14. The Bertz CT molecular complexity index is 243. The van der Waals surface area contributed by atoms with Crippen LogP contribution in [0.5, 0.6) is 0 Å². The quantitative estimate of drug-likeness (QED) is 0.725. The molecule has 0 aromatic rings. The predicted molar refractivity (Wildman–Crippen MR) is 58.8 cm³/mol. The van der Waals surface area contributed by atoms with Gasteiger partial charge in [-0.3, -0.25) is 4.79 Å². The van der Waals surface area contributed by atoms with Crippen molar-refractivity contribution >= 4 is 11.9 Å². The Labute approximate surface area is 91.6 Å². The Morgan fingerprint density at radius 3 is 2.13 bits per heavy atom. The van der Waals surface area contributed by atoms with Gasteiger partial charge in [-0.05, 0) is 27.7 Å². The van der Waals surface area contributed by atoms with Gasteiger partial charge in [-0.15, -0.1) is 0 Å². The highest BCUT2D eigenvalue weighted by atomic mass is 16.6. The monoisotopic (exact) mass is 215 g/mol. The molecule has 0 bridgehead atoms. The third kappa shape index (κ3) is 4.81. The molecule has 0 rings (SSSR count). The molecule has 0 aliphatic rings. The van der Waals surface area contributed by atoms with E-state index in [4.69, 9.17) is 4.74 Å². The number of nitrogens with zero attached hydrogens (tertiary/aromatic N) is 1. The van der Waals surface area contributed by atoms with Gasteiger partial charge in [0.2, 0.25) is 0 Å². The van der Waals surface area contributed by atoms with Crippen LogP contribution in [0, 0.1) is 0 Å². The lowest BCUT2D eigenvalue weighted by atomic mass is 10.1. The lowest BCUT2D eigenvalue weighted by Crippen LogP contribution is -2.43. The van der Waals surface area contributed by atoms with Crippen molar-refractivity contribution in [1.29, 1.82) is 0 Å². The summed E-state index contributed by atoms with van der Waals surface area (Å²) in [4.78, 5) is 24.3. The minimum atomic E-state index is -0.527. The molecule has 0 N–H and O–H groups in total. The second-order valence-corrected chi connectivity index (χ2v) is 4.59. The van der Waals surface area contributed by atoms with Crippen LogP contribution in [-0.4, -0.2) is 35.5 Å². The van der Waals surface area contributed by atoms with Crippen molar-refractivity contribution in [3.05, 3.63) is 0 Å². The zero-order valence-electron chi connectivity index (χ0n) is 10.5. The summed E-state index contributed by atoms with van der Waals surface area (Å²) in [6, 6.07) is -0.426. The molecular weight excluding hydrogens is 194 g/mol. The highest BCUT2D eigenvalue weighted by molar-refractivity contribution is 5.86. The zero-order chi connectivity index (χ0) is 12.2. The minimum absolute atomic E-state index is 0.0309. The SMILES string of the molecule is CCC(=O)C(C)N(C)C(=O)OC(C)(C)C. The summed E-state index contributed by atoms with van der Waals surface area (Å²) < 4.78 is 5.15. The summed E-state index contributed by atoms with van der Waals surface area (Å²) in [5.74, 6) is 0.0309. The van der Waals surface area contributed by atoms with Gasteiger partial charge in [0.1, 0.15) is 5.60 Å². The van der Waals surface area contributed by atoms with Gasteiger partial charge in [-0.1, -0.05) is 6.92 Å². The van der Waals surface area contributed by atoms with E-state index in [0.717, 1.165) is 0 Å². The molecule has 88 valence electrons. The molecule has 0 fully saturated rings. The number of hydrogen-bond donors (Lipinski definition) is 0. The number of amides is 1. The fourth-order valence-electron chi connectivity index (χ4n) is 1.00. The van der Waals surface area contributed by atoms with E-state index in [0.29, 0.717) is 6.42 Å². The van der Waals surface area contributed by atoms with Gasteiger partial charge in [-0.25, -0.2) is 4.79 Å². The van der Waals surface area contributed by atoms with Crippen LogP contribution in [0.2, 0.25) is 0 Å². The van der Waals surface area contributed by atoms with Crippen LogP contribution >= 0.6 is 0 Å². The van der Waals surface area contributed by atoms with Crippen LogP contribution in [0.4, 0.5) is 4.79 Å². The molecule has 0 aliphatic carbocycles. The Hall–Kier alpha value is -1.06. The molecular formula is C11H21NO3. The third-order valence-corrected chi connectivity index (χ3v) is 2.08. The lowest BCUT2D eigenvalue weighted by molar-refractivity contribution is -0.123. The average molecular weight is 215 g/mol. The van der Waals surface area contributed by atoms with Crippen LogP contribution in [0.25, 0.3) is 0 Å². The van der Waals surface area contributed by atoms with E-state index >= 15 is 0 Å². The molecule has 0 saturated heterocycles. The molecule has 1 atom stereocenters.